The number of hydrogen-bond acceptors (Lipinski definition) is 2. The summed E-state index contributed by atoms with van der Waals surface area (Å²) >= 11 is 6.31. The summed E-state index contributed by atoms with van der Waals surface area (Å²) in [4.78, 5) is 2.32. The van der Waals surface area contributed by atoms with Gasteiger partial charge in [-0.15, -0.1) is 0 Å². The van der Waals surface area contributed by atoms with Crippen molar-refractivity contribution in [3.05, 3.63) is 34.3 Å². The Balaban J connectivity index is 2.00. The molecule has 2 rings (SSSR count). The van der Waals surface area contributed by atoms with Crippen molar-refractivity contribution in [1.29, 1.82) is 0 Å². The van der Waals surface area contributed by atoms with Crippen LogP contribution in [0.4, 0.5) is 0 Å². The molecule has 0 saturated carbocycles. The van der Waals surface area contributed by atoms with Gasteiger partial charge in [0.1, 0.15) is 0 Å². The van der Waals surface area contributed by atoms with Crippen molar-refractivity contribution >= 4 is 11.6 Å². The van der Waals surface area contributed by atoms with Crippen LogP contribution in [-0.2, 0) is 0 Å². The molecular weight excluding hydrogens is 234 g/mol. The molecule has 0 bridgehead atoms. The SMILES string of the molecule is Cc1ccc(C2CCN(CCO)CC2)c(Cl)c1. The summed E-state index contributed by atoms with van der Waals surface area (Å²) in [6.07, 6.45) is 2.28. The van der Waals surface area contributed by atoms with Crippen LogP contribution in [-0.4, -0.2) is 36.2 Å². The smallest absolute Gasteiger partial charge is 0.0558 e. The van der Waals surface area contributed by atoms with Crippen LogP contribution in [0.5, 0.6) is 0 Å². The van der Waals surface area contributed by atoms with Crippen LogP contribution in [0.1, 0.15) is 29.9 Å². The molecule has 1 aromatic carbocycles. The lowest BCUT2D eigenvalue weighted by atomic mass is 9.89. The Morgan fingerprint density at radius 2 is 2.06 bits per heavy atom. The van der Waals surface area contributed by atoms with Crippen LogP contribution >= 0.6 is 11.6 Å². The molecule has 1 saturated heterocycles. The van der Waals surface area contributed by atoms with Gasteiger partial charge in [-0.1, -0.05) is 23.7 Å². The summed E-state index contributed by atoms with van der Waals surface area (Å²) < 4.78 is 0. The second-order valence-electron chi connectivity index (χ2n) is 4.86. The molecule has 17 heavy (non-hydrogen) atoms. The number of benzene rings is 1. The van der Waals surface area contributed by atoms with Crippen molar-refractivity contribution in [2.45, 2.75) is 25.7 Å². The molecule has 3 heteroatoms. The van der Waals surface area contributed by atoms with E-state index in [9.17, 15) is 0 Å². The number of β-amino-alcohol motifs (C(OH)–C–C–N with tert-alkyl or cyclic N) is 1. The molecule has 1 N–H and O–H groups in total. The summed E-state index contributed by atoms with van der Waals surface area (Å²) in [5.41, 5.74) is 2.51. The highest BCUT2D eigenvalue weighted by Crippen LogP contribution is 2.33. The predicted octanol–water partition coefficient (Wildman–Crippen LogP) is 2.82. The van der Waals surface area contributed by atoms with E-state index >= 15 is 0 Å². The molecule has 1 fully saturated rings. The van der Waals surface area contributed by atoms with Gasteiger partial charge in [-0.25, -0.2) is 0 Å². The molecule has 0 amide bonds. The Morgan fingerprint density at radius 3 is 2.65 bits per heavy atom. The molecule has 0 aliphatic carbocycles. The summed E-state index contributed by atoms with van der Waals surface area (Å²) in [6, 6.07) is 6.36. The summed E-state index contributed by atoms with van der Waals surface area (Å²) in [5.74, 6) is 0.582. The average molecular weight is 254 g/mol. The standard InChI is InChI=1S/C14H20ClNO/c1-11-2-3-13(14(15)10-11)12-4-6-16(7-5-12)8-9-17/h2-3,10,12,17H,4-9H2,1H3. The van der Waals surface area contributed by atoms with E-state index in [2.05, 4.69) is 30.0 Å². The fourth-order valence-corrected chi connectivity index (χ4v) is 2.96. The van der Waals surface area contributed by atoms with Crippen LogP contribution in [0.25, 0.3) is 0 Å². The van der Waals surface area contributed by atoms with Crippen LogP contribution in [0.3, 0.4) is 0 Å². The maximum absolute atomic E-state index is 8.91. The molecule has 0 atom stereocenters. The molecule has 0 unspecified atom stereocenters. The van der Waals surface area contributed by atoms with Gasteiger partial charge in [0.2, 0.25) is 0 Å². The van der Waals surface area contributed by atoms with Crippen LogP contribution < -0.4 is 0 Å². The Kier molecular flexibility index (Phi) is 4.43. The summed E-state index contributed by atoms with van der Waals surface area (Å²) in [7, 11) is 0. The highest BCUT2D eigenvalue weighted by molar-refractivity contribution is 6.31. The van der Waals surface area contributed by atoms with Crippen molar-refractivity contribution in [1.82, 2.24) is 4.90 Å². The second kappa shape index (κ2) is 5.85. The molecular formula is C14H20ClNO. The molecule has 1 heterocycles. The van der Waals surface area contributed by atoms with Gasteiger partial charge >= 0.3 is 0 Å². The first-order valence-corrected chi connectivity index (χ1v) is 6.68. The zero-order valence-corrected chi connectivity index (χ0v) is 11.1. The third kappa shape index (κ3) is 3.21. The fourth-order valence-electron chi connectivity index (χ4n) is 2.57. The number of aliphatic hydroxyl groups is 1. The van der Waals surface area contributed by atoms with Gasteiger partial charge in [0, 0.05) is 11.6 Å². The highest BCUT2D eigenvalue weighted by atomic mass is 35.5. The van der Waals surface area contributed by atoms with Crippen molar-refractivity contribution in [2.75, 3.05) is 26.2 Å². The number of aryl methyl sites for hydroxylation is 1. The molecule has 2 nitrogen and oxygen atoms in total. The highest BCUT2D eigenvalue weighted by Gasteiger charge is 2.21. The third-order valence-corrected chi connectivity index (χ3v) is 3.93. The van der Waals surface area contributed by atoms with E-state index in [0.717, 1.165) is 37.5 Å². The van der Waals surface area contributed by atoms with Gasteiger partial charge in [0.15, 0.2) is 0 Å². The molecule has 1 aromatic rings. The van der Waals surface area contributed by atoms with Crippen molar-refractivity contribution in [2.24, 2.45) is 0 Å². The number of hydrogen-bond donors (Lipinski definition) is 1. The van der Waals surface area contributed by atoms with E-state index < -0.39 is 0 Å². The van der Waals surface area contributed by atoms with Crippen LogP contribution in [0.2, 0.25) is 5.02 Å². The van der Waals surface area contributed by atoms with Gasteiger partial charge in [-0.3, -0.25) is 0 Å². The first kappa shape index (κ1) is 12.9. The van der Waals surface area contributed by atoms with Gasteiger partial charge in [-0.2, -0.15) is 0 Å². The van der Waals surface area contributed by atoms with E-state index in [4.69, 9.17) is 16.7 Å². The molecule has 0 spiro atoms. The maximum Gasteiger partial charge on any atom is 0.0558 e. The quantitative estimate of drug-likeness (QED) is 0.896. The molecule has 0 aromatic heterocycles. The van der Waals surface area contributed by atoms with Gasteiger partial charge in [0.05, 0.1) is 6.61 Å². The van der Waals surface area contributed by atoms with E-state index in [0.29, 0.717) is 5.92 Å². The lowest BCUT2D eigenvalue weighted by Crippen LogP contribution is -2.35. The minimum absolute atomic E-state index is 0.260. The lowest BCUT2D eigenvalue weighted by molar-refractivity contribution is 0.164. The molecule has 0 radical (unpaired) electrons. The number of aliphatic hydroxyl groups excluding tert-OH is 1. The topological polar surface area (TPSA) is 23.5 Å². The van der Waals surface area contributed by atoms with Crippen molar-refractivity contribution in [3.8, 4) is 0 Å². The molecule has 1 aliphatic rings. The minimum atomic E-state index is 0.260. The number of halogens is 1. The first-order chi connectivity index (χ1) is 8.20. The monoisotopic (exact) mass is 253 g/mol. The van der Waals surface area contributed by atoms with Crippen molar-refractivity contribution < 1.29 is 5.11 Å². The van der Waals surface area contributed by atoms with E-state index in [1.165, 1.54) is 11.1 Å². The first-order valence-electron chi connectivity index (χ1n) is 6.30. The maximum atomic E-state index is 8.91. The molecule has 94 valence electrons. The van der Waals surface area contributed by atoms with Crippen molar-refractivity contribution in [3.63, 3.8) is 0 Å². The fraction of sp³-hybridized carbons (Fsp3) is 0.571. The van der Waals surface area contributed by atoms with Gasteiger partial charge in [-0.05, 0) is 56.0 Å². The third-order valence-electron chi connectivity index (χ3n) is 3.60. The number of rotatable bonds is 3. The minimum Gasteiger partial charge on any atom is -0.395 e. The Morgan fingerprint density at radius 1 is 1.35 bits per heavy atom. The summed E-state index contributed by atoms with van der Waals surface area (Å²) in [5, 5.41) is 9.82. The second-order valence-corrected chi connectivity index (χ2v) is 5.27. The largest absolute Gasteiger partial charge is 0.395 e. The zero-order chi connectivity index (χ0) is 12.3. The average Bonchev–Trinajstić information content (AvgIpc) is 2.31. The normalized spacial score (nSPS) is 18.5. The number of piperidine rings is 1. The van der Waals surface area contributed by atoms with Crippen LogP contribution in [0.15, 0.2) is 18.2 Å². The number of nitrogens with zero attached hydrogens (tertiary/aromatic N) is 1. The zero-order valence-electron chi connectivity index (χ0n) is 10.3. The van der Waals surface area contributed by atoms with Gasteiger partial charge in [0.25, 0.3) is 0 Å². The van der Waals surface area contributed by atoms with E-state index in [1.807, 2.05) is 0 Å². The Bertz CT molecular complexity index is 372. The van der Waals surface area contributed by atoms with E-state index in [1.54, 1.807) is 0 Å². The van der Waals surface area contributed by atoms with Crippen LogP contribution in [0, 0.1) is 6.92 Å². The Hall–Kier alpha value is -0.570. The Labute approximate surface area is 108 Å². The number of likely N-dealkylation sites (tertiary alicyclic amines) is 1. The summed E-state index contributed by atoms with van der Waals surface area (Å²) in [6.45, 7) is 5.26. The molecule has 1 aliphatic heterocycles. The van der Waals surface area contributed by atoms with E-state index in [-0.39, 0.29) is 6.61 Å². The van der Waals surface area contributed by atoms with Gasteiger partial charge < -0.3 is 10.0 Å². The lowest BCUT2D eigenvalue weighted by Gasteiger charge is -2.32. The predicted molar refractivity (Wildman–Crippen MR) is 71.7 cm³/mol.